The molecule has 4 aromatic rings. The number of nitrogens with zero attached hydrogens (tertiary/aromatic N) is 1. The SMILES string of the molecule is CCn1c2ccccc2c2c(=O)cc(-c3ccccc3)oc21. The van der Waals surface area contributed by atoms with Crippen molar-refractivity contribution in [1.82, 2.24) is 4.57 Å². The van der Waals surface area contributed by atoms with Gasteiger partial charge in [0.1, 0.15) is 5.76 Å². The minimum absolute atomic E-state index is 0.00324. The van der Waals surface area contributed by atoms with E-state index in [0.29, 0.717) is 16.9 Å². The standard InChI is InChI=1S/C19H15NO2/c1-2-20-15-11-7-6-10-14(15)18-16(21)12-17(22-19(18)20)13-8-4-3-5-9-13/h3-12H,2H2,1H3. The maximum Gasteiger partial charge on any atom is 0.212 e. The Kier molecular flexibility index (Phi) is 2.86. The Morgan fingerprint density at radius 3 is 2.50 bits per heavy atom. The van der Waals surface area contributed by atoms with Crippen LogP contribution in [0.1, 0.15) is 6.92 Å². The molecule has 0 bridgehead atoms. The highest BCUT2D eigenvalue weighted by Crippen LogP contribution is 2.29. The van der Waals surface area contributed by atoms with E-state index in [-0.39, 0.29) is 5.43 Å². The van der Waals surface area contributed by atoms with Crippen molar-refractivity contribution in [3.05, 3.63) is 70.9 Å². The Morgan fingerprint density at radius 2 is 1.73 bits per heavy atom. The number of aryl methyl sites for hydroxylation is 1. The number of fused-ring (bicyclic) bond motifs is 3. The lowest BCUT2D eigenvalue weighted by molar-refractivity contribution is 0.578. The zero-order valence-electron chi connectivity index (χ0n) is 12.2. The van der Waals surface area contributed by atoms with E-state index >= 15 is 0 Å². The van der Waals surface area contributed by atoms with Crippen molar-refractivity contribution in [2.24, 2.45) is 0 Å². The Morgan fingerprint density at radius 1 is 1.00 bits per heavy atom. The molecule has 0 unspecified atom stereocenters. The summed E-state index contributed by atoms with van der Waals surface area (Å²) in [5, 5.41) is 1.62. The number of para-hydroxylation sites is 1. The Bertz CT molecular complexity index is 1030. The molecule has 0 aliphatic heterocycles. The fourth-order valence-corrected chi connectivity index (χ4v) is 3.01. The topological polar surface area (TPSA) is 35.1 Å². The first-order valence-corrected chi connectivity index (χ1v) is 7.40. The highest BCUT2D eigenvalue weighted by Gasteiger charge is 2.16. The highest BCUT2D eigenvalue weighted by molar-refractivity contribution is 6.06. The molecule has 3 nitrogen and oxygen atoms in total. The highest BCUT2D eigenvalue weighted by atomic mass is 16.3. The number of rotatable bonds is 2. The molecule has 0 spiro atoms. The fourth-order valence-electron chi connectivity index (χ4n) is 3.01. The summed E-state index contributed by atoms with van der Waals surface area (Å²) >= 11 is 0. The largest absolute Gasteiger partial charge is 0.439 e. The number of hydrogen-bond donors (Lipinski definition) is 0. The van der Waals surface area contributed by atoms with Gasteiger partial charge in [-0.25, -0.2) is 0 Å². The van der Waals surface area contributed by atoms with E-state index < -0.39 is 0 Å². The normalized spacial score (nSPS) is 11.3. The summed E-state index contributed by atoms with van der Waals surface area (Å²) < 4.78 is 8.15. The first-order valence-electron chi connectivity index (χ1n) is 7.40. The maximum absolute atomic E-state index is 12.6. The van der Waals surface area contributed by atoms with E-state index in [1.807, 2.05) is 54.6 Å². The van der Waals surface area contributed by atoms with Gasteiger partial charge >= 0.3 is 0 Å². The third kappa shape index (κ3) is 1.79. The van der Waals surface area contributed by atoms with Gasteiger partial charge < -0.3 is 8.98 Å². The molecule has 0 atom stereocenters. The van der Waals surface area contributed by atoms with Crippen LogP contribution in [0.4, 0.5) is 0 Å². The van der Waals surface area contributed by atoms with Gasteiger partial charge in [0.25, 0.3) is 0 Å². The summed E-state index contributed by atoms with van der Waals surface area (Å²) in [6.45, 7) is 2.81. The van der Waals surface area contributed by atoms with E-state index in [1.165, 1.54) is 0 Å². The molecular formula is C19H15NO2. The summed E-state index contributed by atoms with van der Waals surface area (Å²) in [7, 11) is 0. The molecule has 22 heavy (non-hydrogen) atoms. The predicted octanol–water partition coefficient (Wildman–Crippen LogP) is 4.43. The van der Waals surface area contributed by atoms with Gasteiger partial charge in [0, 0.05) is 23.6 Å². The smallest absolute Gasteiger partial charge is 0.212 e. The summed E-state index contributed by atoms with van der Waals surface area (Å²) in [4.78, 5) is 12.6. The predicted molar refractivity (Wildman–Crippen MR) is 89.1 cm³/mol. The molecule has 2 heterocycles. The van der Waals surface area contributed by atoms with Crippen molar-refractivity contribution in [1.29, 1.82) is 0 Å². The van der Waals surface area contributed by atoms with Gasteiger partial charge in [-0.15, -0.1) is 0 Å². The van der Waals surface area contributed by atoms with Crippen molar-refractivity contribution in [2.45, 2.75) is 13.5 Å². The van der Waals surface area contributed by atoms with Crippen molar-refractivity contribution in [3.63, 3.8) is 0 Å². The number of benzene rings is 2. The molecule has 2 aromatic heterocycles. The van der Waals surface area contributed by atoms with Crippen molar-refractivity contribution >= 4 is 22.0 Å². The van der Waals surface area contributed by atoms with Crippen LogP contribution in [0.2, 0.25) is 0 Å². The molecule has 0 fully saturated rings. The van der Waals surface area contributed by atoms with E-state index in [0.717, 1.165) is 23.0 Å². The molecule has 108 valence electrons. The van der Waals surface area contributed by atoms with Gasteiger partial charge in [-0.3, -0.25) is 4.79 Å². The molecule has 0 aliphatic carbocycles. The second-order valence-corrected chi connectivity index (χ2v) is 5.28. The lowest BCUT2D eigenvalue weighted by Gasteiger charge is -2.04. The van der Waals surface area contributed by atoms with E-state index in [4.69, 9.17) is 4.42 Å². The molecule has 3 heteroatoms. The molecule has 0 saturated carbocycles. The van der Waals surface area contributed by atoms with Gasteiger partial charge in [0.15, 0.2) is 5.43 Å². The van der Waals surface area contributed by atoms with Crippen LogP contribution in [0.3, 0.4) is 0 Å². The molecule has 0 amide bonds. The van der Waals surface area contributed by atoms with Gasteiger partial charge in [-0.2, -0.15) is 0 Å². The average Bonchev–Trinajstić information content (AvgIpc) is 2.89. The zero-order valence-corrected chi connectivity index (χ0v) is 12.2. The molecule has 0 N–H and O–H groups in total. The monoisotopic (exact) mass is 289 g/mol. The summed E-state index contributed by atoms with van der Waals surface area (Å²) in [5.41, 5.74) is 2.60. The lowest BCUT2D eigenvalue weighted by atomic mass is 10.1. The molecule has 2 aromatic carbocycles. The molecule has 0 saturated heterocycles. The summed E-state index contributed by atoms with van der Waals surface area (Å²) in [5.74, 6) is 0.607. The number of hydrogen-bond acceptors (Lipinski definition) is 2. The third-order valence-corrected chi connectivity index (χ3v) is 4.01. The minimum Gasteiger partial charge on any atom is -0.439 e. The van der Waals surface area contributed by atoms with Gasteiger partial charge in [0.2, 0.25) is 5.71 Å². The fraction of sp³-hybridized carbons (Fsp3) is 0.105. The summed E-state index contributed by atoms with van der Waals surface area (Å²) in [6, 6.07) is 19.2. The van der Waals surface area contributed by atoms with Crippen molar-refractivity contribution in [3.8, 4) is 11.3 Å². The zero-order chi connectivity index (χ0) is 15.1. The second kappa shape index (κ2) is 4.88. The lowest BCUT2D eigenvalue weighted by Crippen LogP contribution is -2.01. The van der Waals surface area contributed by atoms with Crippen LogP contribution in [0.25, 0.3) is 33.3 Å². The van der Waals surface area contributed by atoms with E-state index in [9.17, 15) is 4.79 Å². The van der Waals surface area contributed by atoms with Crippen LogP contribution in [-0.4, -0.2) is 4.57 Å². The first kappa shape index (κ1) is 12.9. The average molecular weight is 289 g/mol. The van der Waals surface area contributed by atoms with Crippen LogP contribution in [0, 0.1) is 0 Å². The first-order chi connectivity index (χ1) is 10.8. The van der Waals surface area contributed by atoms with Gasteiger partial charge in [-0.05, 0) is 13.0 Å². The van der Waals surface area contributed by atoms with Gasteiger partial charge in [-0.1, -0.05) is 48.5 Å². The molecule has 0 radical (unpaired) electrons. The van der Waals surface area contributed by atoms with Crippen LogP contribution >= 0.6 is 0 Å². The Hall–Kier alpha value is -2.81. The van der Waals surface area contributed by atoms with Crippen LogP contribution in [0.5, 0.6) is 0 Å². The van der Waals surface area contributed by atoms with E-state index in [2.05, 4.69) is 11.5 Å². The maximum atomic E-state index is 12.6. The minimum atomic E-state index is 0.00324. The molecular weight excluding hydrogens is 274 g/mol. The molecule has 4 rings (SSSR count). The second-order valence-electron chi connectivity index (χ2n) is 5.28. The molecule has 0 aliphatic rings. The van der Waals surface area contributed by atoms with Crippen molar-refractivity contribution in [2.75, 3.05) is 0 Å². The van der Waals surface area contributed by atoms with Crippen molar-refractivity contribution < 1.29 is 4.42 Å². The number of aromatic nitrogens is 1. The van der Waals surface area contributed by atoms with Crippen LogP contribution in [0.15, 0.2) is 69.9 Å². The Labute approximate surface area is 127 Å². The van der Waals surface area contributed by atoms with E-state index in [1.54, 1.807) is 6.07 Å². The quantitative estimate of drug-likeness (QED) is 0.547. The Balaban J connectivity index is 2.14. The third-order valence-electron chi connectivity index (χ3n) is 4.01. The van der Waals surface area contributed by atoms with Crippen LogP contribution in [-0.2, 0) is 6.54 Å². The van der Waals surface area contributed by atoms with Crippen LogP contribution < -0.4 is 5.43 Å². The van der Waals surface area contributed by atoms with Gasteiger partial charge in [0.05, 0.1) is 10.9 Å². The summed E-state index contributed by atoms with van der Waals surface area (Å²) in [6.07, 6.45) is 0.